The van der Waals surface area contributed by atoms with Gasteiger partial charge >= 0.3 is 0 Å². The van der Waals surface area contributed by atoms with E-state index in [2.05, 4.69) is 26.1 Å². The normalized spacial score (nSPS) is 15.3. The van der Waals surface area contributed by atoms with Crippen LogP contribution in [-0.2, 0) is 4.79 Å². The lowest BCUT2D eigenvalue weighted by Crippen LogP contribution is -2.29. The summed E-state index contributed by atoms with van der Waals surface area (Å²) in [4.78, 5) is 29.9. The number of amides is 1. The number of fused-ring (bicyclic) bond motifs is 1. The standard InChI is InChI=1S/C21H29N3O2S/c1-14(2)7-6-8-15(3)24-20(26)17-9-4-5-10-18(17)23-21(24)27-13-19(25)22-16-11-12-16/h4-5,9-10,14-16H,6-8,11-13H2,1-3H3,(H,22,25)/t15-/m0/s1. The summed E-state index contributed by atoms with van der Waals surface area (Å²) in [5.74, 6) is 0.965. The smallest absolute Gasteiger partial charge is 0.262 e. The van der Waals surface area contributed by atoms with Crippen molar-refractivity contribution in [1.82, 2.24) is 14.9 Å². The van der Waals surface area contributed by atoms with Gasteiger partial charge in [-0.2, -0.15) is 0 Å². The van der Waals surface area contributed by atoms with Crippen LogP contribution in [-0.4, -0.2) is 27.3 Å². The predicted octanol–water partition coefficient (Wildman–Crippen LogP) is 4.15. The minimum Gasteiger partial charge on any atom is -0.353 e. The van der Waals surface area contributed by atoms with Gasteiger partial charge in [-0.3, -0.25) is 14.2 Å². The molecule has 1 aliphatic carbocycles. The van der Waals surface area contributed by atoms with E-state index in [1.165, 1.54) is 11.8 Å². The fourth-order valence-corrected chi connectivity index (χ4v) is 4.10. The van der Waals surface area contributed by atoms with Gasteiger partial charge in [-0.05, 0) is 44.2 Å². The fraction of sp³-hybridized carbons (Fsp3) is 0.571. The predicted molar refractivity (Wildman–Crippen MR) is 111 cm³/mol. The molecule has 1 heterocycles. The maximum absolute atomic E-state index is 13.1. The number of hydrogen-bond donors (Lipinski definition) is 1. The van der Waals surface area contributed by atoms with Gasteiger partial charge in [0.2, 0.25) is 5.91 Å². The van der Waals surface area contributed by atoms with Crippen LogP contribution in [0.15, 0.2) is 34.2 Å². The molecule has 1 N–H and O–H groups in total. The molecule has 0 unspecified atom stereocenters. The van der Waals surface area contributed by atoms with Crippen LogP contribution in [0.2, 0.25) is 0 Å². The van der Waals surface area contributed by atoms with Crippen LogP contribution in [0.4, 0.5) is 0 Å². The second kappa shape index (κ2) is 8.91. The molecule has 146 valence electrons. The Kier molecular flexibility index (Phi) is 6.58. The van der Waals surface area contributed by atoms with Crippen LogP contribution < -0.4 is 10.9 Å². The Bertz CT molecular complexity index is 858. The number of thioether (sulfide) groups is 1. The van der Waals surface area contributed by atoms with Gasteiger partial charge in [0.1, 0.15) is 0 Å². The Morgan fingerprint density at radius 1 is 1.26 bits per heavy atom. The van der Waals surface area contributed by atoms with Gasteiger partial charge < -0.3 is 5.32 Å². The first-order valence-corrected chi connectivity index (χ1v) is 10.9. The van der Waals surface area contributed by atoms with Crippen molar-refractivity contribution < 1.29 is 4.79 Å². The third-order valence-electron chi connectivity index (χ3n) is 4.89. The quantitative estimate of drug-likeness (QED) is 0.518. The van der Waals surface area contributed by atoms with Crippen LogP contribution >= 0.6 is 11.8 Å². The van der Waals surface area contributed by atoms with Crippen molar-refractivity contribution in [3.05, 3.63) is 34.6 Å². The number of hydrogen-bond acceptors (Lipinski definition) is 4. The first-order chi connectivity index (χ1) is 13.0. The van der Waals surface area contributed by atoms with Gasteiger partial charge in [0.15, 0.2) is 5.16 Å². The van der Waals surface area contributed by atoms with Gasteiger partial charge in [0.05, 0.1) is 16.7 Å². The molecule has 5 nitrogen and oxygen atoms in total. The number of carbonyl (C=O) groups excluding carboxylic acids is 1. The highest BCUT2D eigenvalue weighted by Crippen LogP contribution is 2.25. The molecule has 1 aromatic carbocycles. The van der Waals surface area contributed by atoms with E-state index in [9.17, 15) is 9.59 Å². The minimum absolute atomic E-state index is 0.0113. The van der Waals surface area contributed by atoms with Crippen molar-refractivity contribution in [2.24, 2.45) is 5.92 Å². The maximum atomic E-state index is 13.1. The molecule has 0 saturated heterocycles. The molecule has 1 fully saturated rings. The monoisotopic (exact) mass is 387 g/mol. The molecular weight excluding hydrogens is 358 g/mol. The second-order valence-electron chi connectivity index (χ2n) is 7.89. The lowest BCUT2D eigenvalue weighted by atomic mass is 10.0. The summed E-state index contributed by atoms with van der Waals surface area (Å²) in [6.45, 7) is 6.51. The van der Waals surface area contributed by atoms with Crippen LogP contribution in [0.25, 0.3) is 10.9 Å². The first-order valence-electron chi connectivity index (χ1n) is 9.89. The molecule has 0 spiro atoms. The summed E-state index contributed by atoms with van der Waals surface area (Å²) in [7, 11) is 0. The highest BCUT2D eigenvalue weighted by molar-refractivity contribution is 7.99. The number of nitrogens with one attached hydrogen (secondary N) is 1. The van der Waals surface area contributed by atoms with E-state index in [0.717, 1.165) is 32.1 Å². The largest absolute Gasteiger partial charge is 0.353 e. The first kappa shape index (κ1) is 19.9. The van der Waals surface area contributed by atoms with Gasteiger partial charge in [-0.1, -0.05) is 50.6 Å². The van der Waals surface area contributed by atoms with Crippen LogP contribution in [0.1, 0.15) is 58.9 Å². The molecular formula is C21H29N3O2S. The zero-order valence-corrected chi connectivity index (χ0v) is 17.2. The Labute approximate surface area is 164 Å². The molecule has 0 aliphatic heterocycles. The number of para-hydroxylation sites is 1. The summed E-state index contributed by atoms with van der Waals surface area (Å²) < 4.78 is 1.79. The molecule has 1 amide bonds. The van der Waals surface area contributed by atoms with Crippen molar-refractivity contribution in [3.63, 3.8) is 0 Å². The average molecular weight is 388 g/mol. The van der Waals surface area contributed by atoms with Crippen LogP contribution in [0.3, 0.4) is 0 Å². The Morgan fingerprint density at radius 2 is 2.00 bits per heavy atom. The van der Waals surface area contributed by atoms with E-state index in [-0.39, 0.29) is 17.5 Å². The van der Waals surface area contributed by atoms with Crippen molar-refractivity contribution in [2.75, 3.05) is 5.75 Å². The number of nitrogens with zero attached hydrogens (tertiary/aromatic N) is 2. The molecule has 2 aromatic rings. The van der Waals surface area contributed by atoms with Crippen molar-refractivity contribution in [3.8, 4) is 0 Å². The number of benzene rings is 1. The van der Waals surface area contributed by atoms with Gasteiger partial charge in [0.25, 0.3) is 5.56 Å². The molecule has 1 atom stereocenters. The highest BCUT2D eigenvalue weighted by Gasteiger charge is 2.24. The maximum Gasteiger partial charge on any atom is 0.262 e. The average Bonchev–Trinajstić information content (AvgIpc) is 3.43. The van der Waals surface area contributed by atoms with Crippen molar-refractivity contribution in [1.29, 1.82) is 0 Å². The summed E-state index contributed by atoms with van der Waals surface area (Å²) in [6, 6.07) is 7.85. The third kappa shape index (κ3) is 5.34. The molecule has 1 saturated carbocycles. The van der Waals surface area contributed by atoms with Gasteiger partial charge in [-0.15, -0.1) is 0 Å². The van der Waals surface area contributed by atoms with E-state index in [4.69, 9.17) is 4.98 Å². The number of aromatic nitrogens is 2. The summed E-state index contributed by atoms with van der Waals surface area (Å²) >= 11 is 1.36. The zero-order chi connectivity index (χ0) is 19.4. The molecule has 1 aromatic heterocycles. The molecule has 3 rings (SSSR count). The minimum atomic E-state index is -0.0113. The highest BCUT2D eigenvalue weighted by atomic mass is 32.2. The SMILES string of the molecule is CC(C)CCC[C@H](C)n1c(SCC(=O)NC2CC2)nc2ccccc2c1=O. The van der Waals surface area contributed by atoms with E-state index in [0.29, 0.717) is 33.8 Å². The third-order valence-corrected chi connectivity index (χ3v) is 5.85. The molecule has 0 bridgehead atoms. The summed E-state index contributed by atoms with van der Waals surface area (Å²) in [5.41, 5.74) is 0.681. The Balaban J connectivity index is 1.84. The van der Waals surface area contributed by atoms with Gasteiger partial charge in [0, 0.05) is 12.1 Å². The Morgan fingerprint density at radius 3 is 2.70 bits per heavy atom. The number of carbonyl (C=O) groups is 1. The Hall–Kier alpha value is -1.82. The van der Waals surface area contributed by atoms with E-state index in [1.54, 1.807) is 4.57 Å². The fourth-order valence-electron chi connectivity index (χ4n) is 3.19. The second-order valence-corrected chi connectivity index (χ2v) is 8.83. The summed E-state index contributed by atoms with van der Waals surface area (Å²) in [5, 5.41) is 4.28. The molecule has 1 aliphatic rings. The van der Waals surface area contributed by atoms with Crippen molar-refractivity contribution >= 4 is 28.6 Å². The van der Waals surface area contributed by atoms with Crippen LogP contribution in [0, 0.1) is 5.92 Å². The molecule has 0 radical (unpaired) electrons. The van der Waals surface area contributed by atoms with Crippen LogP contribution in [0.5, 0.6) is 0 Å². The van der Waals surface area contributed by atoms with Gasteiger partial charge in [-0.25, -0.2) is 4.98 Å². The van der Waals surface area contributed by atoms with Crippen molar-refractivity contribution in [2.45, 2.75) is 70.1 Å². The van der Waals surface area contributed by atoms with E-state index in [1.807, 2.05) is 24.3 Å². The topological polar surface area (TPSA) is 64.0 Å². The summed E-state index contributed by atoms with van der Waals surface area (Å²) in [6.07, 6.45) is 5.29. The lowest BCUT2D eigenvalue weighted by molar-refractivity contribution is -0.118. The van der Waals surface area contributed by atoms with E-state index >= 15 is 0 Å². The molecule has 27 heavy (non-hydrogen) atoms. The molecule has 6 heteroatoms. The zero-order valence-electron chi connectivity index (χ0n) is 16.4. The lowest BCUT2D eigenvalue weighted by Gasteiger charge is -2.20. The van der Waals surface area contributed by atoms with E-state index < -0.39 is 0 Å². The number of rotatable bonds is 9.